The third kappa shape index (κ3) is 3.78. The van der Waals surface area contributed by atoms with Gasteiger partial charge in [0.25, 0.3) is 0 Å². The molecule has 1 saturated carbocycles. The van der Waals surface area contributed by atoms with E-state index >= 15 is 0 Å². The van der Waals surface area contributed by atoms with E-state index in [1.54, 1.807) is 0 Å². The molecule has 6 nitrogen and oxygen atoms in total. The third-order valence-corrected chi connectivity index (χ3v) is 4.10. The molecule has 1 fully saturated rings. The highest BCUT2D eigenvalue weighted by Crippen LogP contribution is 2.27. The summed E-state index contributed by atoms with van der Waals surface area (Å²) in [5.41, 5.74) is 6.10. The van der Waals surface area contributed by atoms with E-state index in [0.717, 1.165) is 19.1 Å². The first kappa shape index (κ1) is 13.5. The third-order valence-electron chi connectivity index (χ3n) is 3.32. The molecule has 1 aliphatic carbocycles. The van der Waals surface area contributed by atoms with Gasteiger partial charge in [-0.25, -0.2) is 8.42 Å². The normalized spacial score (nSPS) is 19.2. The fraction of sp³-hybridized carbons (Fsp3) is 0.818. The molecule has 0 saturated heterocycles. The highest BCUT2D eigenvalue weighted by Gasteiger charge is 2.24. The van der Waals surface area contributed by atoms with Crippen molar-refractivity contribution in [3.05, 3.63) is 11.7 Å². The highest BCUT2D eigenvalue weighted by molar-refractivity contribution is 7.89. The van der Waals surface area contributed by atoms with Gasteiger partial charge in [-0.1, -0.05) is 18.0 Å². The average molecular weight is 273 g/mol. The lowest BCUT2D eigenvalue weighted by molar-refractivity contribution is 0.339. The van der Waals surface area contributed by atoms with Crippen LogP contribution in [-0.2, 0) is 22.0 Å². The molecule has 102 valence electrons. The van der Waals surface area contributed by atoms with Gasteiger partial charge in [-0.2, -0.15) is 4.98 Å². The van der Waals surface area contributed by atoms with Crippen LogP contribution in [-0.4, -0.2) is 30.9 Å². The Morgan fingerprint density at radius 2 is 2.11 bits per heavy atom. The second-order valence-electron chi connectivity index (χ2n) is 5.09. The molecule has 1 aliphatic rings. The molecule has 0 aromatic carbocycles. The topological polar surface area (TPSA) is 99.1 Å². The van der Waals surface area contributed by atoms with E-state index in [9.17, 15) is 8.42 Å². The van der Waals surface area contributed by atoms with Crippen molar-refractivity contribution in [1.29, 1.82) is 0 Å². The summed E-state index contributed by atoms with van der Waals surface area (Å²) < 4.78 is 27.2. The molecule has 0 radical (unpaired) electrons. The number of hydrogen-bond donors (Lipinski definition) is 1. The Bertz CT molecular complexity index is 491. The Hall–Kier alpha value is -0.950. The molecule has 1 unspecified atom stereocenters. The van der Waals surface area contributed by atoms with Crippen molar-refractivity contribution in [2.45, 2.75) is 43.9 Å². The maximum Gasteiger partial charge on any atom is 0.228 e. The van der Waals surface area contributed by atoms with Crippen molar-refractivity contribution in [1.82, 2.24) is 10.1 Å². The Morgan fingerprint density at radius 3 is 2.72 bits per heavy atom. The van der Waals surface area contributed by atoms with Gasteiger partial charge in [0.05, 0.1) is 0 Å². The predicted octanol–water partition coefficient (Wildman–Crippen LogP) is 0.674. The van der Waals surface area contributed by atoms with Gasteiger partial charge in [0.2, 0.25) is 5.89 Å². The fourth-order valence-corrected chi connectivity index (χ4v) is 3.01. The molecule has 0 bridgehead atoms. The predicted molar refractivity (Wildman–Crippen MR) is 66.5 cm³/mol. The van der Waals surface area contributed by atoms with E-state index in [0.29, 0.717) is 18.2 Å². The Labute approximate surface area is 107 Å². The van der Waals surface area contributed by atoms with Crippen molar-refractivity contribution >= 4 is 9.84 Å². The lowest BCUT2D eigenvalue weighted by atomic mass is 9.96. The van der Waals surface area contributed by atoms with Crippen molar-refractivity contribution < 1.29 is 12.9 Å². The summed E-state index contributed by atoms with van der Waals surface area (Å²) >= 11 is 0. The SMILES string of the molecule is CS(=O)(=O)Cc1noc(CC(N)C2CCCC2)n1. The summed E-state index contributed by atoms with van der Waals surface area (Å²) in [6.07, 6.45) is 6.47. The average Bonchev–Trinajstić information content (AvgIpc) is 2.86. The van der Waals surface area contributed by atoms with Crippen LogP contribution in [0.25, 0.3) is 0 Å². The van der Waals surface area contributed by atoms with Gasteiger partial charge in [-0.15, -0.1) is 0 Å². The number of hydrogen-bond acceptors (Lipinski definition) is 6. The largest absolute Gasteiger partial charge is 0.339 e. The molecular weight excluding hydrogens is 254 g/mol. The van der Waals surface area contributed by atoms with Crippen LogP contribution >= 0.6 is 0 Å². The first-order valence-electron chi connectivity index (χ1n) is 6.19. The van der Waals surface area contributed by atoms with Gasteiger partial charge in [0.15, 0.2) is 15.7 Å². The number of aromatic nitrogens is 2. The molecule has 0 amide bonds. The molecular formula is C11H19N3O3S. The summed E-state index contributed by atoms with van der Waals surface area (Å²) in [7, 11) is -3.12. The van der Waals surface area contributed by atoms with E-state index < -0.39 is 9.84 Å². The molecule has 1 aromatic heterocycles. The first-order valence-corrected chi connectivity index (χ1v) is 8.25. The summed E-state index contributed by atoms with van der Waals surface area (Å²) in [5, 5.41) is 3.66. The second-order valence-corrected chi connectivity index (χ2v) is 7.23. The maximum atomic E-state index is 11.1. The van der Waals surface area contributed by atoms with Gasteiger partial charge < -0.3 is 10.3 Å². The molecule has 2 N–H and O–H groups in total. The molecule has 0 aliphatic heterocycles. The van der Waals surface area contributed by atoms with E-state index in [-0.39, 0.29) is 17.6 Å². The number of nitrogens with zero attached hydrogens (tertiary/aromatic N) is 2. The van der Waals surface area contributed by atoms with Crippen LogP contribution < -0.4 is 5.73 Å². The summed E-state index contributed by atoms with van der Waals surface area (Å²) in [6.45, 7) is 0. The van der Waals surface area contributed by atoms with Crippen LogP contribution in [0, 0.1) is 5.92 Å². The van der Waals surface area contributed by atoms with Crippen molar-refractivity contribution in [2.24, 2.45) is 11.7 Å². The summed E-state index contributed by atoms with van der Waals surface area (Å²) in [6, 6.07) is 0.0269. The van der Waals surface area contributed by atoms with Gasteiger partial charge in [-0.3, -0.25) is 0 Å². The number of nitrogens with two attached hydrogens (primary N) is 1. The van der Waals surface area contributed by atoms with Crippen molar-refractivity contribution in [2.75, 3.05) is 6.26 Å². The van der Waals surface area contributed by atoms with Crippen molar-refractivity contribution in [3.8, 4) is 0 Å². The van der Waals surface area contributed by atoms with E-state index in [2.05, 4.69) is 10.1 Å². The number of rotatable bonds is 5. The quantitative estimate of drug-likeness (QED) is 0.846. The molecule has 2 rings (SSSR count). The Kier molecular flexibility index (Phi) is 4.01. The van der Waals surface area contributed by atoms with Gasteiger partial charge in [-0.05, 0) is 18.8 Å². The Morgan fingerprint density at radius 1 is 1.44 bits per heavy atom. The van der Waals surface area contributed by atoms with Crippen molar-refractivity contribution in [3.63, 3.8) is 0 Å². The van der Waals surface area contributed by atoms with Gasteiger partial charge in [0.1, 0.15) is 5.75 Å². The van der Waals surface area contributed by atoms with Crippen LogP contribution in [0.2, 0.25) is 0 Å². The van der Waals surface area contributed by atoms with Crippen LogP contribution in [0.1, 0.15) is 37.4 Å². The number of sulfone groups is 1. The zero-order valence-electron chi connectivity index (χ0n) is 10.5. The lowest BCUT2D eigenvalue weighted by Crippen LogP contribution is -2.30. The molecule has 1 heterocycles. The van der Waals surface area contributed by atoms with Crippen LogP contribution in [0.5, 0.6) is 0 Å². The lowest BCUT2D eigenvalue weighted by Gasteiger charge is -2.16. The van der Waals surface area contributed by atoms with E-state index in [4.69, 9.17) is 10.3 Å². The smallest absolute Gasteiger partial charge is 0.228 e. The first-order chi connectivity index (χ1) is 8.44. The zero-order chi connectivity index (χ0) is 13.2. The molecule has 1 atom stereocenters. The maximum absolute atomic E-state index is 11.1. The van der Waals surface area contributed by atoms with Gasteiger partial charge >= 0.3 is 0 Å². The van der Waals surface area contributed by atoms with E-state index in [1.165, 1.54) is 12.8 Å². The fourth-order valence-electron chi connectivity index (χ4n) is 2.42. The van der Waals surface area contributed by atoms with Crippen LogP contribution in [0.4, 0.5) is 0 Å². The van der Waals surface area contributed by atoms with Gasteiger partial charge in [0, 0.05) is 18.7 Å². The minimum Gasteiger partial charge on any atom is -0.339 e. The second kappa shape index (κ2) is 5.36. The monoisotopic (exact) mass is 273 g/mol. The van der Waals surface area contributed by atoms with Crippen LogP contribution in [0.15, 0.2) is 4.52 Å². The zero-order valence-corrected chi connectivity index (χ0v) is 11.3. The van der Waals surface area contributed by atoms with Crippen LogP contribution in [0.3, 0.4) is 0 Å². The molecule has 0 spiro atoms. The highest BCUT2D eigenvalue weighted by atomic mass is 32.2. The summed E-state index contributed by atoms with van der Waals surface area (Å²) in [4.78, 5) is 4.07. The Balaban J connectivity index is 1.93. The minimum absolute atomic E-state index is 0.0269. The molecule has 1 aromatic rings. The minimum atomic E-state index is -3.12. The standard InChI is InChI=1S/C11H19N3O3S/c1-18(15,16)7-10-13-11(17-14-10)6-9(12)8-4-2-3-5-8/h8-9H,2-7,12H2,1H3. The molecule has 7 heteroatoms. The summed E-state index contributed by atoms with van der Waals surface area (Å²) in [5.74, 6) is 0.990. The van der Waals surface area contributed by atoms with E-state index in [1.807, 2.05) is 0 Å². The molecule has 18 heavy (non-hydrogen) atoms.